The summed E-state index contributed by atoms with van der Waals surface area (Å²) in [5, 5.41) is 9.36. The third kappa shape index (κ3) is 3.24. The molecule has 0 atom stereocenters. The van der Waals surface area contributed by atoms with Crippen molar-refractivity contribution in [3.8, 4) is 11.8 Å². The molecule has 0 fully saturated rings. The van der Waals surface area contributed by atoms with E-state index in [0.29, 0.717) is 10.8 Å². The Labute approximate surface area is 116 Å². The largest absolute Gasteiger partial charge is 0.489 e. The van der Waals surface area contributed by atoms with Gasteiger partial charge < -0.3 is 4.74 Å². The van der Waals surface area contributed by atoms with Gasteiger partial charge in [0.1, 0.15) is 24.2 Å². The molecule has 2 aromatic carbocycles. The van der Waals surface area contributed by atoms with E-state index in [4.69, 9.17) is 21.6 Å². The highest BCUT2D eigenvalue weighted by molar-refractivity contribution is 6.30. The summed E-state index contributed by atoms with van der Waals surface area (Å²) in [4.78, 5) is 0. The molecule has 0 aromatic heterocycles. The summed E-state index contributed by atoms with van der Waals surface area (Å²) in [6.07, 6.45) is 0. The maximum Gasteiger partial charge on any atom is 0.140 e. The second-order valence-electron chi connectivity index (χ2n) is 4.12. The van der Waals surface area contributed by atoms with Crippen molar-refractivity contribution in [3.63, 3.8) is 0 Å². The lowest BCUT2D eigenvalue weighted by Crippen LogP contribution is -1.98. The molecule has 0 amide bonds. The van der Waals surface area contributed by atoms with Crippen LogP contribution < -0.4 is 4.74 Å². The van der Waals surface area contributed by atoms with Crippen molar-refractivity contribution < 1.29 is 9.13 Å². The van der Waals surface area contributed by atoms with E-state index < -0.39 is 5.82 Å². The van der Waals surface area contributed by atoms with Crippen molar-refractivity contribution in [3.05, 3.63) is 63.9 Å². The summed E-state index contributed by atoms with van der Waals surface area (Å²) in [5.74, 6) is 0.153. The molecule has 0 radical (unpaired) electrons. The average Bonchev–Trinajstić information content (AvgIpc) is 2.41. The highest BCUT2D eigenvalue weighted by atomic mass is 35.5. The lowest BCUT2D eigenvalue weighted by atomic mass is 10.1. The Balaban J connectivity index is 2.15. The Hall–Kier alpha value is -2.05. The van der Waals surface area contributed by atoms with E-state index in [2.05, 4.69) is 0 Å². The van der Waals surface area contributed by atoms with Crippen LogP contribution in [0.5, 0.6) is 5.75 Å². The molecule has 0 saturated heterocycles. The van der Waals surface area contributed by atoms with Gasteiger partial charge in [0.05, 0.1) is 5.56 Å². The Morgan fingerprint density at radius 2 is 2.05 bits per heavy atom. The summed E-state index contributed by atoms with van der Waals surface area (Å²) in [6, 6.07) is 11.5. The van der Waals surface area contributed by atoms with Crippen molar-refractivity contribution in [2.45, 2.75) is 13.5 Å². The van der Waals surface area contributed by atoms with Crippen LogP contribution in [-0.4, -0.2) is 0 Å². The van der Waals surface area contributed by atoms with E-state index >= 15 is 0 Å². The van der Waals surface area contributed by atoms with Crippen LogP contribution in [0.2, 0.25) is 5.02 Å². The predicted octanol–water partition coefficient (Wildman–Crippen LogP) is 4.24. The fourth-order valence-electron chi connectivity index (χ4n) is 1.64. The van der Waals surface area contributed by atoms with Gasteiger partial charge in [0.25, 0.3) is 0 Å². The van der Waals surface area contributed by atoms with Crippen LogP contribution in [-0.2, 0) is 6.61 Å². The van der Waals surface area contributed by atoms with Crippen LogP contribution in [0, 0.1) is 24.1 Å². The number of hydrogen-bond donors (Lipinski definition) is 0. The van der Waals surface area contributed by atoms with Gasteiger partial charge in [-0.05, 0) is 42.3 Å². The maximum atomic E-state index is 13.2. The fourth-order valence-corrected chi connectivity index (χ4v) is 1.80. The predicted molar refractivity (Wildman–Crippen MR) is 71.6 cm³/mol. The third-order valence-corrected chi connectivity index (χ3v) is 2.93. The van der Waals surface area contributed by atoms with Crippen molar-refractivity contribution in [1.82, 2.24) is 0 Å². The molecule has 0 aliphatic carbocycles. The van der Waals surface area contributed by atoms with E-state index in [0.717, 1.165) is 11.1 Å². The second-order valence-corrected chi connectivity index (χ2v) is 4.56. The van der Waals surface area contributed by atoms with E-state index in [9.17, 15) is 4.39 Å². The number of benzene rings is 2. The molecule has 0 aliphatic rings. The number of nitriles is 1. The zero-order valence-electron chi connectivity index (χ0n) is 10.3. The van der Waals surface area contributed by atoms with E-state index in [1.807, 2.05) is 13.0 Å². The molecule has 2 nitrogen and oxygen atoms in total. The summed E-state index contributed by atoms with van der Waals surface area (Å²) >= 11 is 5.89. The number of aryl methyl sites for hydroxylation is 1. The van der Waals surface area contributed by atoms with Gasteiger partial charge in [-0.2, -0.15) is 5.26 Å². The zero-order valence-corrected chi connectivity index (χ0v) is 11.0. The van der Waals surface area contributed by atoms with Crippen LogP contribution in [0.25, 0.3) is 0 Å². The number of nitrogens with zero attached hydrogens (tertiary/aromatic N) is 1. The minimum Gasteiger partial charge on any atom is -0.489 e. The molecule has 0 saturated carbocycles. The molecule has 96 valence electrons. The van der Waals surface area contributed by atoms with Crippen LogP contribution >= 0.6 is 11.6 Å². The van der Waals surface area contributed by atoms with Crippen LogP contribution in [0.3, 0.4) is 0 Å². The van der Waals surface area contributed by atoms with Gasteiger partial charge in [-0.25, -0.2) is 4.39 Å². The highest BCUT2D eigenvalue weighted by Crippen LogP contribution is 2.23. The van der Waals surface area contributed by atoms with Crippen molar-refractivity contribution >= 4 is 11.6 Å². The lowest BCUT2D eigenvalue weighted by molar-refractivity contribution is 0.304. The Morgan fingerprint density at radius 1 is 1.26 bits per heavy atom. The monoisotopic (exact) mass is 275 g/mol. The molecule has 0 unspecified atom stereocenters. The fraction of sp³-hybridized carbons (Fsp3) is 0.133. The number of hydrogen-bond acceptors (Lipinski definition) is 2. The molecule has 2 rings (SSSR count). The average molecular weight is 276 g/mol. The van der Waals surface area contributed by atoms with Gasteiger partial charge in [0.2, 0.25) is 0 Å². The molecule has 4 heteroatoms. The Morgan fingerprint density at radius 3 is 2.79 bits per heavy atom. The van der Waals surface area contributed by atoms with Crippen LogP contribution in [0.4, 0.5) is 4.39 Å². The topological polar surface area (TPSA) is 33.0 Å². The van der Waals surface area contributed by atoms with Crippen LogP contribution in [0.1, 0.15) is 16.7 Å². The smallest absolute Gasteiger partial charge is 0.140 e. The van der Waals surface area contributed by atoms with E-state index in [-0.39, 0.29) is 12.2 Å². The third-order valence-electron chi connectivity index (χ3n) is 2.70. The number of rotatable bonds is 3. The first-order valence-corrected chi connectivity index (χ1v) is 6.05. The molecular weight excluding hydrogens is 265 g/mol. The molecule has 0 aliphatic heterocycles. The Kier molecular flexibility index (Phi) is 4.03. The minimum atomic E-state index is -0.523. The lowest BCUT2D eigenvalue weighted by Gasteiger charge is -2.09. The van der Waals surface area contributed by atoms with E-state index in [1.165, 1.54) is 12.1 Å². The molecule has 0 N–H and O–H groups in total. The second kappa shape index (κ2) is 5.73. The van der Waals surface area contributed by atoms with Gasteiger partial charge in [0.15, 0.2) is 0 Å². The quantitative estimate of drug-likeness (QED) is 0.839. The molecule has 19 heavy (non-hydrogen) atoms. The standard InChI is InChI=1S/C15H11ClFNO/c1-10-2-4-13(16)7-15(10)19-9-11-3-5-14(17)12(6-11)8-18/h2-7H,9H2,1H3. The molecular formula is C15H11ClFNO. The molecule has 0 heterocycles. The first-order chi connectivity index (χ1) is 9.10. The van der Waals surface area contributed by atoms with Crippen molar-refractivity contribution in [1.29, 1.82) is 5.26 Å². The van der Waals surface area contributed by atoms with E-state index in [1.54, 1.807) is 24.3 Å². The summed E-state index contributed by atoms with van der Waals surface area (Å²) in [5.41, 5.74) is 1.72. The maximum absolute atomic E-state index is 13.2. The minimum absolute atomic E-state index is 0.0175. The first-order valence-electron chi connectivity index (χ1n) is 5.67. The van der Waals surface area contributed by atoms with Gasteiger partial charge in [-0.1, -0.05) is 23.7 Å². The summed E-state index contributed by atoms with van der Waals surface area (Å²) in [7, 11) is 0. The zero-order chi connectivity index (χ0) is 13.8. The molecule has 0 spiro atoms. The van der Waals surface area contributed by atoms with Gasteiger partial charge in [-0.15, -0.1) is 0 Å². The number of halogens is 2. The SMILES string of the molecule is Cc1ccc(Cl)cc1OCc1ccc(F)c(C#N)c1. The normalized spacial score (nSPS) is 10.0. The Bertz CT molecular complexity index is 649. The molecule has 2 aromatic rings. The van der Waals surface area contributed by atoms with Gasteiger partial charge in [0, 0.05) is 5.02 Å². The van der Waals surface area contributed by atoms with Gasteiger partial charge >= 0.3 is 0 Å². The summed E-state index contributed by atoms with van der Waals surface area (Å²) in [6.45, 7) is 2.17. The van der Waals surface area contributed by atoms with Crippen molar-refractivity contribution in [2.24, 2.45) is 0 Å². The van der Waals surface area contributed by atoms with Crippen molar-refractivity contribution in [2.75, 3.05) is 0 Å². The highest BCUT2D eigenvalue weighted by Gasteiger charge is 2.05. The first kappa shape index (κ1) is 13.4. The van der Waals surface area contributed by atoms with Crippen LogP contribution in [0.15, 0.2) is 36.4 Å². The summed E-state index contributed by atoms with van der Waals surface area (Å²) < 4.78 is 18.8. The number of ether oxygens (including phenoxy) is 1. The van der Waals surface area contributed by atoms with Gasteiger partial charge in [-0.3, -0.25) is 0 Å². The molecule has 0 bridgehead atoms.